The van der Waals surface area contributed by atoms with E-state index in [1.807, 2.05) is 54.6 Å². The molecule has 10 nitrogen and oxygen atoms in total. The summed E-state index contributed by atoms with van der Waals surface area (Å²) in [5.74, 6) is -2.10. The fourth-order valence-electron chi connectivity index (χ4n) is 4.73. The Morgan fingerprint density at radius 1 is 1.08 bits per heavy atom. The first-order chi connectivity index (χ1) is 18.2. The summed E-state index contributed by atoms with van der Waals surface area (Å²) in [6, 6.07) is 14.3. The number of hydrogen-bond donors (Lipinski definition) is 2. The normalized spacial score (nSPS) is 22.0. The van der Waals surface area contributed by atoms with Crippen molar-refractivity contribution < 1.29 is 38.5 Å². The molecule has 38 heavy (non-hydrogen) atoms. The molecule has 2 N–H and O–H groups in total. The van der Waals surface area contributed by atoms with Gasteiger partial charge in [-0.15, -0.1) is 0 Å². The van der Waals surface area contributed by atoms with Gasteiger partial charge in [0.05, 0.1) is 6.04 Å². The molecule has 0 radical (unpaired) electrons. The van der Waals surface area contributed by atoms with E-state index in [9.17, 15) is 24.3 Å². The third-order valence-corrected chi connectivity index (χ3v) is 6.93. The molecule has 2 aliphatic rings. The first kappa shape index (κ1) is 27.1. The van der Waals surface area contributed by atoms with Crippen LogP contribution < -0.4 is 5.32 Å². The summed E-state index contributed by atoms with van der Waals surface area (Å²) in [6.07, 6.45) is -0.994. The Hall–Kier alpha value is -3.92. The number of fused-ring (bicyclic) bond motifs is 1. The summed E-state index contributed by atoms with van der Waals surface area (Å²) in [7, 11) is 0. The minimum atomic E-state index is -1.08. The molecule has 1 fully saturated rings. The van der Waals surface area contributed by atoms with Crippen molar-refractivity contribution in [1.29, 1.82) is 0 Å². The molecule has 0 spiro atoms. The molecule has 202 valence electrons. The van der Waals surface area contributed by atoms with Crippen LogP contribution in [0.4, 0.5) is 4.79 Å². The number of aryl methyl sites for hydroxylation is 1. The van der Waals surface area contributed by atoms with Gasteiger partial charge in [-0.2, -0.15) is 0 Å². The molecule has 0 bridgehead atoms. The van der Waals surface area contributed by atoms with Gasteiger partial charge in [0.1, 0.15) is 24.8 Å². The summed E-state index contributed by atoms with van der Waals surface area (Å²) < 4.78 is 15.4. The maximum absolute atomic E-state index is 13.5. The molecule has 4 rings (SSSR count). The number of nitrogens with zero attached hydrogens (tertiary/aromatic N) is 1. The zero-order chi connectivity index (χ0) is 27.2. The molecule has 2 unspecified atom stereocenters. The molecule has 10 heteroatoms. The smallest absolute Gasteiger partial charge is 0.480 e. The zero-order valence-corrected chi connectivity index (χ0v) is 21.4. The van der Waals surface area contributed by atoms with Gasteiger partial charge in [-0.25, -0.2) is 9.59 Å². The molecule has 2 aliphatic heterocycles. The quantitative estimate of drug-likeness (QED) is 0.450. The molecule has 0 aliphatic carbocycles. The van der Waals surface area contributed by atoms with Gasteiger partial charge in [-0.05, 0) is 43.4 Å². The van der Waals surface area contributed by atoms with Crippen molar-refractivity contribution in [3.63, 3.8) is 0 Å². The summed E-state index contributed by atoms with van der Waals surface area (Å²) >= 11 is 0. The third kappa shape index (κ3) is 6.49. The van der Waals surface area contributed by atoms with Crippen LogP contribution in [-0.4, -0.2) is 70.9 Å². The number of carbonyl (C=O) groups excluding carboxylic acids is 3. The number of amides is 1. The van der Waals surface area contributed by atoms with E-state index in [4.69, 9.17) is 14.2 Å². The van der Waals surface area contributed by atoms with Crippen LogP contribution in [0.15, 0.2) is 54.6 Å². The van der Waals surface area contributed by atoms with Crippen LogP contribution >= 0.6 is 0 Å². The minimum absolute atomic E-state index is 0.169. The Balaban J connectivity index is 1.45. The number of benzene rings is 2. The average Bonchev–Trinajstić information content (AvgIpc) is 3.25. The van der Waals surface area contributed by atoms with Gasteiger partial charge in [-0.1, -0.05) is 54.6 Å². The van der Waals surface area contributed by atoms with Crippen molar-refractivity contribution in [3.05, 3.63) is 71.3 Å². The fraction of sp³-hybridized carbons (Fsp3) is 0.429. The van der Waals surface area contributed by atoms with E-state index < -0.39 is 54.3 Å². The fourth-order valence-corrected chi connectivity index (χ4v) is 4.73. The number of cyclic esters (lactones) is 2. The summed E-state index contributed by atoms with van der Waals surface area (Å²) in [4.78, 5) is 51.3. The largest absolute Gasteiger partial charge is 0.509 e. The molecule has 1 amide bonds. The molecule has 5 atom stereocenters. The lowest BCUT2D eigenvalue weighted by atomic mass is 9.93. The zero-order valence-electron chi connectivity index (χ0n) is 21.4. The van der Waals surface area contributed by atoms with Crippen molar-refractivity contribution in [2.75, 3.05) is 6.61 Å². The summed E-state index contributed by atoms with van der Waals surface area (Å²) in [5, 5.41) is 12.9. The van der Waals surface area contributed by atoms with Crippen molar-refractivity contribution >= 4 is 24.0 Å². The molecule has 2 aromatic rings. The average molecular weight is 525 g/mol. The highest BCUT2D eigenvalue weighted by Gasteiger charge is 2.38. The number of rotatable bonds is 10. The molecule has 1 saturated heterocycles. The predicted molar refractivity (Wildman–Crippen MR) is 135 cm³/mol. The number of hydrogen-bond acceptors (Lipinski definition) is 8. The number of carboxylic acids is 1. The Labute approximate surface area is 220 Å². The number of nitrogens with one attached hydrogen (secondary N) is 1. The Morgan fingerprint density at radius 2 is 1.76 bits per heavy atom. The van der Waals surface area contributed by atoms with Crippen molar-refractivity contribution in [2.24, 2.45) is 0 Å². The topological polar surface area (TPSA) is 131 Å². The monoisotopic (exact) mass is 524 g/mol. The molecule has 0 aromatic heterocycles. The van der Waals surface area contributed by atoms with Crippen molar-refractivity contribution in [1.82, 2.24) is 10.2 Å². The van der Waals surface area contributed by atoms with Gasteiger partial charge >= 0.3 is 18.1 Å². The minimum Gasteiger partial charge on any atom is -0.480 e. The Kier molecular flexibility index (Phi) is 8.62. The van der Waals surface area contributed by atoms with E-state index in [2.05, 4.69) is 5.32 Å². The van der Waals surface area contributed by atoms with Crippen LogP contribution in [0.3, 0.4) is 0 Å². The van der Waals surface area contributed by atoms with E-state index in [1.54, 1.807) is 13.8 Å². The van der Waals surface area contributed by atoms with E-state index in [0.717, 1.165) is 16.7 Å². The Morgan fingerprint density at radius 3 is 2.42 bits per heavy atom. The SMILES string of the molecule is CC1OC(=O)OC1COC(=O)[C@H](CCc1ccccc1)N[C@@H](C)C(=O)N1Cc2ccccc2C[C@H]1C(=O)O. The number of ether oxygens (including phenoxy) is 3. The predicted octanol–water partition coefficient (Wildman–Crippen LogP) is 2.47. The molecular weight excluding hydrogens is 492 g/mol. The first-order valence-electron chi connectivity index (χ1n) is 12.7. The second kappa shape index (κ2) is 12.1. The van der Waals surface area contributed by atoms with Gasteiger partial charge in [0, 0.05) is 13.0 Å². The molecule has 0 saturated carbocycles. The highest BCUT2D eigenvalue weighted by atomic mass is 16.8. The second-order valence-electron chi connectivity index (χ2n) is 9.62. The van der Waals surface area contributed by atoms with Gasteiger partial charge in [0.15, 0.2) is 6.10 Å². The lowest BCUT2D eigenvalue weighted by molar-refractivity contribution is -0.153. The second-order valence-corrected chi connectivity index (χ2v) is 9.62. The van der Waals surface area contributed by atoms with E-state index in [0.29, 0.717) is 12.8 Å². The van der Waals surface area contributed by atoms with Crippen molar-refractivity contribution in [2.45, 2.75) is 70.0 Å². The summed E-state index contributed by atoms with van der Waals surface area (Å²) in [6.45, 7) is 3.24. The third-order valence-electron chi connectivity index (χ3n) is 6.93. The van der Waals surface area contributed by atoms with E-state index in [1.165, 1.54) is 4.90 Å². The lowest BCUT2D eigenvalue weighted by Crippen LogP contribution is -2.56. The standard InChI is InChI=1S/C28H32N2O8/c1-17(25(31)30-15-21-11-7-6-10-20(21)14-23(30)26(32)33)29-22(13-12-19-8-4-3-5-9-19)27(34)36-16-24-18(2)37-28(35)38-24/h3-11,17-18,22-24,29H,12-16H2,1-2H3,(H,32,33)/t17-,18?,22-,23-,24?/m0/s1. The van der Waals surface area contributed by atoms with Gasteiger partial charge in [0.2, 0.25) is 5.91 Å². The van der Waals surface area contributed by atoms with Crippen LogP contribution in [-0.2, 0) is 48.0 Å². The molecular formula is C28H32N2O8. The lowest BCUT2D eigenvalue weighted by Gasteiger charge is -2.36. The van der Waals surface area contributed by atoms with Crippen LogP contribution in [0.2, 0.25) is 0 Å². The number of carboxylic acid groups (broad SMARTS) is 1. The Bertz CT molecular complexity index is 1170. The van der Waals surface area contributed by atoms with Gasteiger partial charge in [-0.3, -0.25) is 14.9 Å². The van der Waals surface area contributed by atoms with Gasteiger partial charge in [0.25, 0.3) is 0 Å². The van der Waals surface area contributed by atoms with Crippen LogP contribution in [0.1, 0.15) is 37.0 Å². The van der Waals surface area contributed by atoms with E-state index in [-0.39, 0.29) is 19.6 Å². The highest BCUT2D eigenvalue weighted by molar-refractivity contribution is 5.88. The number of carbonyl (C=O) groups is 4. The highest BCUT2D eigenvalue weighted by Crippen LogP contribution is 2.24. The molecule has 2 heterocycles. The van der Waals surface area contributed by atoms with Crippen LogP contribution in [0, 0.1) is 0 Å². The summed E-state index contributed by atoms with van der Waals surface area (Å²) in [5.41, 5.74) is 2.81. The first-order valence-corrected chi connectivity index (χ1v) is 12.7. The maximum atomic E-state index is 13.5. The number of aliphatic carboxylic acids is 1. The number of esters is 1. The molecule has 2 aromatic carbocycles. The van der Waals surface area contributed by atoms with Crippen molar-refractivity contribution in [3.8, 4) is 0 Å². The van der Waals surface area contributed by atoms with Gasteiger partial charge < -0.3 is 24.2 Å². The van der Waals surface area contributed by atoms with Crippen LogP contribution in [0.25, 0.3) is 0 Å². The maximum Gasteiger partial charge on any atom is 0.509 e. The van der Waals surface area contributed by atoms with E-state index >= 15 is 0 Å². The van der Waals surface area contributed by atoms with Crippen LogP contribution in [0.5, 0.6) is 0 Å².